The van der Waals surface area contributed by atoms with Crippen molar-refractivity contribution in [3.05, 3.63) is 35.9 Å². The van der Waals surface area contributed by atoms with E-state index in [2.05, 4.69) is 10.6 Å². The molecule has 0 aliphatic carbocycles. The fourth-order valence-electron chi connectivity index (χ4n) is 2.36. The van der Waals surface area contributed by atoms with Gasteiger partial charge in [-0.1, -0.05) is 44.2 Å². The van der Waals surface area contributed by atoms with E-state index >= 15 is 0 Å². The van der Waals surface area contributed by atoms with Crippen LogP contribution < -0.4 is 10.6 Å². The lowest BCUT2D eigenvalue weighted by atomic mass is 10.0. The van der Waals surface area contributed by atoms with Gasteiger partial charge in [0, 0.05) is 6.54 Å². The van der Waals surface area contributed by atoms with Crippen LogP contribution in [0.15, 0.2) is 30.3 Å². The van der Waals surface area contributed by atoms with E-state index in [-0.39, 0.29) is 5.91 Å². The Hall–Kier alpha value is -2.41. The van der Waals surface area contributed by atoms with Gasteiger partial charge in [0.25, 0.3) is 0 Å². The molecule has 0 saturated heterocycles. The van der Waals surface area contributed by atoms with Gasteiger partial charge in [0.2, 0.25) is 11.8 Å². The number of aliphatic hydroxyl groups excluding tert-OH is 1. The minimum Gasteiger partial charge on any atom is -0.481 e. The topological polar surface area (TPSA) is 116 Å². The van der Waals surface area contributed by atoms with Crippen molar-refractivity contribution >= 4 is 17.8 Å². The molecule has 0 fully saturated rings. The molecule has 7 nitrogen and oxygen atoms in total. The number of amides is 2. The lowest BCUT2D eigenvalue weighted by Gasteiger charge is -2.20. The SMILES string of the molecule is CC(C)CCNC(=O)[C@@H](CCc1ccccc1)NC(=O)[C@@H](O)CC(=O)O. The highest BCUT2D eigenvalue weighted by Crippen LogP contribution is 2.07. The number of carbonyl (C=O) groups is 3. The van der Waals surface area contributed by atoms with Crippen molar-refractivity contribution in [2.75, 3.05) is 6.54 Å². The molecule has 7 heteroatoms. The van der Waals surface area contributed by atoms with Crippen LogP contribution in [-0.2, 0) is 20.8 Å². The number of rotatable bonds is 11. The van der Waals surface area contributed by atoms with Crippen LogP contribution in [-0.4, -0.2) is 46.7 Å². The van der Waals surface area contributed by atoms with Gasteiger partial charge in [0.05, 0.1) is 6.42 Å². The largest absolute Gasteiger partial charge is 0.481 e. The average molecular weight is 364 g/mol. The monoisotopic (exact) mass is 364 g/mol. The Bertz CT molecular complexity index is 589. The highest BCUT2D eigenvalue weighted by molar-refractivity contribution is 5.90. The Labute approximate surface area is 153 Å². The van der Waals surface area contributed by atoms with Crippen LogP contribution in [0.5, 0.6) is 0 Å². The summed E-state index contributed by atoms with van der Waals surface area (Å²) in [6.07, 6.45) is -0.657. The quantitative estimate of drug-likeness (QED) is 0.469. The summed E-state index contributed by atoms with van der Waals surface area (Å²) in [4.78, 5) is 35.0. The minimum atomic E-state index is -1.69. The van der Waals surface area contributed by atoms with Gasteiger partial charge in [-0.05, 0) is 30.7 Å². The third-order valence-corrected chi connectivity index (χ3v) is 3.89. The number of carboxylic acid groups (broad SMARTS) is 1. The summed E-state index contributed by atoms with van der Waals surface area (Å²) in [5, 5.41) is 23.6. The summed E-state index contributed by atoms with van der Waals surface area (Å²) < 4.78 is 0. The second kappa shape index (κ2) is 11.3. The Morgan fingerprint density at radius 1 is 1.04 bits per heavy atom. The maximum absolute atomic E-state index is 12.4. The number of nitrogens with one attached hydrogen (secondary N) is 2. The summed E-state index contributed by atoms with van der Waals surface area (Å²) in [7, 11) is 0. The van der Waals surface area contributed by atoms with Crippen molar-refractivity contribution in [2.45, 2.75) is 51.7 Å². The van der Waals surface area contributed by atoms with Crippen molar-refractivity contribution < 1.29 is 24.6 Å². The molecule has 1 aromatic carbocycles. The van der Waals surface area contributed by atoms with E-state index in [1.54, 1.807) is 0 Å². The van der Waals surface area contributed by atoms with Crippen LogP contribution in [0.1, 0.15) is 38.7 Å². The summed E-state index contributed by atoms with van der Waals surface area (Å²) in [5.41, 5.74) is 1.02. The van der Waals surface area contributed by atoms with Crippen LogP contribution in [0.25, 0.3) is 0 Å². The summed E-state index contributed by atoms with van der Waals surface area (Å²) in [6, 6.07) is 8.69. The molecule has 2 atom stereocenters. The first kappa shape index (κ1) is 21.6. The number of aliphatic hydroxyl groups is 1. The molecule has 0 aromatic heterocycles. The Morgan fingerprint density at radius 2 is 1.69 bits per heavy atom. The number of aliphatic carboxylic acids is 1. The molecule has 0 aliphatic heterocycles. The molecule has 26 heavy (non-hydrogen) atoms. The van der Waals surface area contributed by atoms with Crippen molar-refractivity contribution in [1.29, 1.82) is 0 Å². The predicted octanol–water partition coefficient (Wildman–Crippen LogP) is 1.10. The van der Waals surface area contributed by atoms with Gasteiger partial charge < -0.3 is 20.8 Å². The maximum atomic E-state index is 12.4. The van der Waals surface area contributed by atoms with Gasteiger partial charge in [-0.15, -0.1) is 0 Å². The molecular weight excluding hydrogens is 336 g/mol. The molecule has 4 N–H and O–H groups in total. The van der Waals surface area contributed by atoms with Gasteiger partial charge in [-0.2, -0.15) is 0 Å². The first-order valence-corrected chi connectivity index (χ1v) is 8.81. The van der Waals surface area contributed by atoms with Gasteiger partial charge in [0.1, 0.15) is 12.1 Å². The zero-order chi connectivity index (χ0) is 19.5. The zero-order valence-corrected chi connectivity index (χ0v) is 15.3. The molecule has 0 heterocycles. The molecule has 0 saturated carbocycles. The fraction of sp³-hybridized carbons (Fsp3) is 0.526. The average Bonchev–Trinajstić information content (AvgIpc) is 2.58. The van der Waals surface area contributed by atoms with E-state index in [9.17, 15) is 19.5 Å². The van der Waals surface area contributed by atoms with Crippen molar-refractivity contribution in [3.8, 4) is 0 Å². The minimum absolute atomic E-state index is 0.336. The molecule has 144 valence electrons. The first-order chi connectivity index (χ1) is 12.3. The summed E-state index contributed by atoms with van der Waals surface area (Å²) >= 11 is 0. The van der Waals surface area contributed by atoms with Crippen LogP contribution in [0.3, 0.4) is 0 Å². The molecular formula is C19H28N2O5. The lowest BCUT2D eigenvalue weighted by molar-refractivity contribution is -0.144. The van der Waals surface area contributed by atoms with Crippen LogP contribution >= 0.6 is 0 Å². The van der Waals surface area contributed by atoms with Gasteiger partial charge in [-0.25, -0.2) is 0 Å². The molecule has 0 radical (unpaired) electrons. The number of hydrogen-bond acceptors (Lipinski definition) is 4. The number of carboxylic acids is 1. The van der Waals surface area contributed by atoms with E-state index < -0.39 is 30.4 Å². The number of aryl methyl sites for hydroxylation is 1. The maximum Gasteiger partial charge on any atom is 0.306 e. The predicted molar refractivity (Wildman–Crippen MR) is 97.4 cm³/mol. The number of benzene rings is 1. The Balaban J connectivity index is 2.68. The van der Waals surface area contributed by atoms with Crippen LogP contribution in [0.2, 0.25) is 0 Å². The highest BCUT2D eigenvalue weighted by Gasteiger charge is 2.25. The van der Waals surface area contributed by atoms with E-state index in [1.807, 2.05) is 44.2 Å². The molecule has 0 spiro atoms. The zero-order valence-electron chi connectivity index (χ0n) is 15.3. The van der Waals surface area contributed by atoms with Gasteiger partial charge >= 0.3 is 5.97 Å². The Kier molecular flexibility index (Phi) is 9.36. The third-order valence-electron chi connectivity index (χ3n) is 3.89. The smallest absolute Gasteiger partial charge is 0.306 e. The molecule has 2 amide bonds. The van der Waals surface area contributed by atoms with E-state index in [4.69, 9.17) is 5.11 Å². The van der Waals surface area contributed by atoms with Crippen molar-refractivity contribution in [3.63, 3.8) is 0 Å². The normalized spacial score (nSPS) is 13.1. The fourth-order valence-corrected chi connectivity index (χ4v) is 2.36. The number of hydrogen-bond donors (Lipinski definition) is 4. The summed E-state index contributed by atoms with van der Waals surface area (Å²) in [5.74, 6) is -2.04. The highest BCUT2D eigenvalue weighted by atomic mass is 16.4. The van der Waals surface area contributed by atoms with E-state index in [0.29, 0.717) is 25.3 Å². The van der Waals surface area contributed by atoms with Crippen LogP contribution in [0, 0.1) is 5.92 Å². The molecule has 0 aliphatic rings. The van der Waals surface area contributed by atoms with Crippen molar-refractivity contribution in [1.82, 2.24) is 10.6 Å². The lowest BCUT2D eigenvalue weighted by Crippen LogP contribution is -2.50. The Morgan fingerprint density at radius 3 is 2.27 bits per heavy atom. The third kappa shape index (κ3) is 8.62. The molecule has 1 aromatic rings. The standard InChI is InChI=1S/C19H28N2O5/c1-13(2)10-11-20-18(25)15(9-8-14-6-4-3-5-7-14)21-19(26)16(22)12-17(23)24/h3-7,13,15-16,22H,8-12H2,1-2H3,(H,20,25)(H,21,26)(H,23,24)/t15-,16+/m1/s1. The second-order valence-corrected chi connectivity index (χ2v) is 6.67. The first-order valence-electron chi connectivity index (χ1n) is 8.81. The van der Waals surface area contributed by atoms with Crippen molar-refractivity contribution in [2.24, 2.45) is 5.92 Å². The molecule has 0 bridgehead atoms. The molecule has 0 unspecified atom stereocenters. The van der Waals surface area contributed by atoms with Crippen LogP contribution in [0.4, 0.5) is 0 Å². The summed E-state index contributed by atoms with van der Waals surface area (Å²) in [6.45, 7) is 4.58. The van der Waals surface area contributed by atoms with E-state index in [0.717, 1.165) is 12.0 Å². The van der Waals surface area contributed by atoms with Gasteiger partial charge in [0.15, 0.2) is 0 Å². The van der Waals surface area contributed by atoms with Gasteiger partial charge in [-0.3, -0.25) is 14.4 Å². The number of carbonyl (C=O) groups excluding carboxylic acids is 2. The molecule has 1 rings (SSSR count). The van der Waals surface area contributed by atoms with E-state index in [1.165, 1.54) is 0 Å². The second-order valence-electron chi connectivity index (χ2n) is 6.67.